The monoisotopic (exact) mass is 377 g/mol. The van der Waals surface area contributed by atoms with E-state index in [2.05, 4.69) is 15.6 Å². The van der Waals surface area contributed by atoms with Gasteiger partial charge < -0.3 is 20.1 Å². The number of nitrogens with zero attached hydrogens (tertiary/aromatic N) is 1. The van der Waals surface area contributed by atoms with Crippen molar-refractivity contribution < 1.29 is 14.3 Å². The average Bonchev–Trinajstić information content (AvgIpc) is 2.68. The van der Waals surface area contributed by atoms with Crippen LogP contribution in [0.4, 0.5) is 17.2 Å². The van der Waals surface area contributed by atoms with Crippen LogP contribution in [0.5, 0.6) is 11.5 Å². The number of rotatable bonds is 6. The molecule has 2 N–H and O–H groups in total. The zero-order valence-corrected chi connectivity index (χ0v) is 16.4. The van der Waals surface area contributed by atoms with Crippen molar-refractivity contribution >= 4 is 23.1 Å². The lowest BCUT2D eigenvalue weighted by Crippen LogP contribution is -2.13. The predicted molar refractivity (Wildman–Crippen MR) is 111 cm³/mol. The van der Waals surface area contributed by atoms with E-state index in [1.165, 1.54) is 0 Å². The molecule has 1 heterocycles. The fraction of sp³-hybridized carbons (Fsp3) is 0.182. The molecule has 0 saturated carbocycles. The normalized spacial score (nSPS) is 10.3. The summed E-state index contributed by atoms with van der Waals surface area (Å²) in [6.07, 6.45) is 1.59. The lowest BCUT2D eigenvalue weighted by atomic mass is 10.2. The van der Waals surface area contributed by atoms with E-state index in [0.717, 1.165) is 16.8 Å². The average molecular weight is 377 g/mol. The van der Waals surface area contributed by atoms with Crippen molar-refractivity contribution in [1.82, 2.24) is 4.98 Å². The van der Waals surface area contributed by atoms with Crippen molar-refractivity contribution in [3.05, 3.63) is 71.4 Å². The van der Waals surface area contributed by atoms with E-state index in [1.807, 2.05) is 50.2 Å². The van der Waals surface area contributed by atoms with Gasteiger partial charge in [-0.05, 0) is 61.4 Å². The smallest absolute Gasteiger partial charge is 0.255 e. The summed E-state index contributed by atoms with van der Waals surface area (Å²) in [7, 11) is 3.19. The highest BCUT2D eigenvalue weighted by atomic mass is 16.5. The van der Waals surface area contributed by atoms with E-state index in [0.29, 0.717) is 28.6 Å². The number of hydrogen-bond acceptors (Lipinski definition) is 5. The summed E-state index contributed by atoms with van der Waals surface area (Å²) in [6, 6.07) is 14.8. The van der Waals surface area contributed by atoms with Crippen LogP contribution < -0.4 is 20.1 Å². The van der Waals surface area contributed by atoms with Gasteiger partial charge in [0.05, 0.1) is 25.6 Å². The second-order valence-electron chi connectivity index (χ2n) is 6.42. The molecule has 3 aromatic rings. The number of aromatic nitrogens is 1. The van der Waals surface area contributed by atoms with Crippen LogP contribution in [0, 0.1) is 13.8 Å². The van der Waals surface area contributed by atoms with Crippen LogP contribution in [-0.2, 0) is 0 Å². The first-order valence-corrected chi connectivity index (χ1v) is 8.84. The van der Waals surface area contributed by atoms with E-state index >= 15 is 0 Å². The number of aryl methyl sites for hydroxylation is 2. The van der Waals surface area contributed by atoms with E-state index in [4.69, 9.17) is 9.47 Å². The van der Waals surface area contributed by atoms with Crippen LogP contribution in [-0.4, -0.2) is 25.1 Å². The number of ether oxygens (including phenoxy) is 2. The Morgan fingerprint density at radius 2 is 1.46 bits per heavy atom. The zero-order chi connectivity index (χ0) is 20.1. The quantitative estimate of drug-likeness (QED) is 0.651. The number of pyridine rings is 1. The topological polar surface area (TPSA) is 72.5 Å². The second kappa shape index (κ2) is 8.43. The highest BCUT2D eigenvalue weighted by Crippen LogP contribution is 2.29. The molecule has 3 rings (SSSR count). The first-order chi connectivity index (χ1) is 13.5. The molecule has 2 aromatic carbocycles. The fourth-order valence-corrected chi connectivity index (χ4v) is 2.81. The van der Waals surface area contributed by atoms with Gasteiger partial charge in [0.25, 0.3) is 5.91 Å². The Kier molecular flexibility index (Phi) is 5.79. The van der Waals surface area contributed by atoms with Crippen LogP contribution in [0.1, 0.15) is 21.5 Å². The van der Waals surface area contributed by atoms with Crippen LogP contribution >= 0.6 is 0 Å². The molecule has 0 saturated heterocycles. The Morgan fingerprint density at radius 3 is 2.11 bits per heavy atom. The molecule has 0 aliphatic heterocycles. The maximum atomic E-state index is 12.7. The molecule has 0 spiro atoms. The first kappa shape index (κ1) is 19.2. The standard InChI is InChI=1S/C22H23N3O3/c1-14-5-7-19(27-3)17(11-14)24-21-13-16(9-10-23-21)22(26)25-18-12-15(2)6-8-20(18)28-4/h5-13H,1-4H3,(H,23,24)(H,25,26). The van der Waals surface area contributed by atoms with Crippen molar-refractivity contribution in [3.8, 4) is 11.5 Å². The Morgan fingerprint density at radius 1 is 0.857 bits per heavy atom. The van der Waals surface area contributed by atoms with Gasteiger partial charge in [0.2, 0.25) is 0 Å². The molecule has 0 atom stereocenters. The Hall–Kier alpha value is -3.54. The van der Waals surface area contributed by atoms with Gasteiger partial charge in [0.1, 0.15) is 17.3 Å². The lowest BCUT2D eigenvalue weighted by Gasteiger charge is -2.13. The van der Waals surface area contributed by atoms with Crippen LogP contribution in [0.3, 0.4) is 0 Å². The summed E-state index contributed by atoms with van der Waals surface area (Å²) in [4.78, 5) is 17.0. The summed E-state index contributed by atoms with van der Waals surface area (Å²) in [5.41, 5.74) is 4.00. The number of amides is 1. The number of benzene rings is 2. The number of nitrogens with one attached hydrogen (secondary N) is 2. The number of anilines is 3. The molecule has 1 amide bonds. The Bertz CT molecular complexity index is 1000. The van der Waals surface area contributed by atoms with Crippen LogP contribution in [0.25, 0.3) is 0 Å². The molecule has 0 aliphatic carbocycles. The molecule has 6 heteroatoms. The molecular weight excluding hydrogens is 354 g/mol. The molecule has 28 heavy (non-hydrogen) atoms. The number of methoxy groups -OCH3 is 2. The molecule has 1 aromatic heterocycles. The van der Waals surface area contributed by atoms with E-state index in [-0.39, 0.29) is 5.91 Å². The largest absolute Gasteiger partial charge is 0.495 e. The van der Waals surface area contributed by atoms with Gasteiger partial charge in [-0.2, -0.15) is 0 Å². The van der Waals surface area contributed by atoms with Gasteiger partial charge >= 0.3 is 0 Å². The summed E-state index contributed by atoms with van der Waals surface area (Å²) < 4.78 is 10.7. The molecule has 144 valence electrons. The number of hydrogen-bond donors (Lipinski definition) is 2. The Balaban J connectivity index is 1.83. The van der Waals surface area contributed by atoms with Crippen molar-refractivity contribution in [2.45, 2.75) is 13.8 Å². The second-order valence-corrected chi connectivity index (χ2v) is 6.42. The van der Waals surface area contributed by atoms with Gasteiger partial charge in [-0.15, -0.1) is 0 Å². The van der Waals surface area contributed by atoms with Gasteiger partial charge in [0, 0.05) is 11.8 Å². The van der Waals surface area contributed by atoms with Crippen molar-refractivity contribution in [1.29, 1.82) is 0 Å². The van der Waals surface area contributed by atoms with Crippen molar-refractivity contribution in [3.63, 3.8) is 0 Å². The first-order valence-electron chi connectivity index (χ1n) is 8.84. The zero-order valence-electron chi connectivity index (χ0n) is 16.4. The minimum absolute atomic E-state index is 0.245. The van der Waals surface area contributed by atoms with Crippen LogP contribution in [0.15, 0.2) is 54.7 Å². The van der Waals surface area contributed by atoms with Crippen molar-refractivity contribution in [2.75, 3.05) is 24.9 Å². The summed E-state index contributed by atoms with van der Waals surface area (Å²) in [6.45, 7) is 3.95. The SMILES string of the molecule is COc1ccc(C)cc1NC(=O)c1ccnc(Nc2cc(C)ccc2OC)c1. The van der Waals surface area contributed by atoms with Gasteiger partial charge in [0.15, 0.2) is 0 Å². The molecule has 6 nitrogen and oxygen atoms in total. The summed E-state index contributed by atoms with van der Waals surface area (Å²) in [5, 5.41) is 6.11. The van der Waals surface area contributed by atoms with Crippen LogP contribution in [0.2, 0.25) is 0 Å². The Labute approximate surface area is 164 Å². The maximum absolute atomic E-state index is 12.7. The van der Waals surface area contributed by atoms with Crippen molar-refractivity contribution in [2.24, 2.45) is 0 Å². The summed E-state index contributed by atoms with van der Waals surface area (Å²) >= 11 is 0. The summed E-state index contributed by atoms with van der Waals surface area (Å²) in [5.74, 6) is 1.61. The van der Waals surface area contributed by atoms with E-state index in [1.54, 1.807) is 32.5 Å². The fourth-order valence-electron chi connectivity index (χ4n) is 2.81. The molecule has 0 radical (unpaired) electrons. The van der Waals surface area contributed by atoms with E-state index < -0.39 is 0 Å². The third-order valence-electron chi connectivity index (χ3n) is 4.24. The molecule has 0 unspecified atom stereocenters. The highest BCUT2D eigenvalue weighted by molar-refractivity contribution is 6.05. The molecule has 0 bridgehead atoms. The maximum Gasteiger partial charge on any atom is 0.255 e. The molecular formula is C22H23N3O3. The number of carbonyl (C=O) groups excluding carboxylic acids is 1. The number of carbonyl (C=O) groups is 1. The highest BCUT2D eigenvalue weighted by Gasteiger charge is 2.12. The van der Waals surface area contributed by atoms with Gasteiger partial charge in [-0.25, -0.2) is 4.98 Å². The minimum Gasteiger partial charge on any atom is -0.495 e. The van der Waals surface area contributed by atoms with E-state index in [9.17, 15) is 4.79 Å². The van der Waals surface area contributed by atoms with Gasteiger partial charge in [-0.3, -0.25) is 4.79 Å². The predicted octanol–water partition coefficient (Wildman–Crippen LogP) is 4.71. The third-order valence-corrected chi connectivity index (χ3v) is 4.24. The lowest BCUT2D eigenvalue weighted by molar-refractivity contribution is 0.102. The minimum atomic E-state index is -0.245. The molecule has 0 fully saturated rings. The molecule has 0 aliphatic rings. The van der Waals surface area contributed by atoms with Gasteiger partial charge in [-0.1, -0.05) is 12.1 Å². The third kappa shape index (κ3) is 4.40.